The van der Waals surface area contributed by atoms with Gasteiger partial charge in [0.2, 0.25) is 5.16 Å². The lowest BCUT2D eigenvalue weighted by Crippen LogP contribution is -2.18. The van der Waals surface area contributed by atoms with Crippen molar-refractivity contribution in [3.8, 4) is 0 Å². The Balaban J connectivity index is 1.62. The molecule has 24 heavy (non-hydrogen) atoms. The molecular formula is C17H17N5OS. The van der Waals surface area contributed by atoms with E-state index in [0.717, 1.165) is 11.0 Å². The Hall–Kier alpha value is -2.38. The summed E-state index contributed by atoms with van der Waals surface area (Å²) < 4.78 is 3.79. The fraction of sp³-hybridized carbons (Fsp3) is 0.235. The number of aromatic nitrogens is 5. The van der Waals surface area contributed by atoms with Crippen LogP contribution in [-0.4, -0.2) is 41.7 Å². The van der Waals surface area contributed by atoms with Crippen LogP contribution in [0.15, 0.2) is 53.7 Å². The molecule has 4 aromatic rings. The number of para-hydroxylation sites is 2. The van der Waals surface area contributed by atoms with Crippen LogP contribution in [0.3, 0.4) is 0 Å². The average molecular weight is 339 g/mol. The molecular weight excluding hydrogens is 322 g/mol. The van der Waals surface area contributed by atoms with Crippen LogP contribution in [-0.2, 0) is 13.6 Å². The van der Waals surface area contributed by atoms with Crippen molar-refractivity contribution >= 4 is 33.6 Å². The highest BCUT2D eigenvalue weighted by atomic mass is 32.2. The van der Waals surface area contributed by atoms with Crippen LogP contribution in [0.1, 0.15) is 0 Å². The number of benzene rings is 2. The predicted octanol–water partition coefficient (Wildman–Crippen LogP) is 2.47. The van der Waals surface area contributed by atoms with E-state index in [1.165, 1.54) is 22.5 Å². The summed E-state index contributed by atoms with van der Waals surface area (Å²) in [5.41, 5.74) is 2.28. The minimum absolute atomic E-state index is 0.495. The summed E-state index contributed by atoms with van der Waals surface area (Å²) in [6, 6.07) is 16.6. The third-order valence-electron chi connectivity index (χ3n) is 4.06. The second-order valence-corrected chi connectivity index (χ2v) is 6.68. The minimum Gasteiger partial charge on any atom is -0.390 e. The zero-order valence-corrected chi connectivity index (χ0v) is 14.0. The number of fused-ring (bicyclic) bond motifs is 3. The first kappa shape index (κ1) is 15.2. The van der Waals surface area contributed by atoms with E-state index in [2.05, 4.69) is 44.4 Å². The van der Waals surface area contributed by atoms with Crippen molar-refractivity contribution in [2.45, 2.75) is 17.8 Å². The van der Waals surface area contributed by atoms with Crippen molar-refractivity contribution in [3.63, 3.8) is 0 Å². The molecule has 0 fully saturated rings. The number of rotatable bonds is 5. The third-order valence-corrected chi connectivity index (χ3v) is 5.21. The second-order valence-electron chi connectivity index (χ2n) is 5.69. The molecule has 6 nitrogen and oxygen atoms in total. The maximum absolute atomic E-state index is 10.5. The van der Waals surface area contributed by atoms with Gasteiger partial charge in [-0.25, -0.2) is 4.68 Å². The molecule has 2 aromatic heterocycles. The first-order valence-electron chi connectivity index (χ1n) is 7.73. The Morgan fingerprint density at radius 3 is 2.25 bits per heavy atom. The number of thioether (sulfide) groups is 1. The van der Waals surface area contributed by atoms with Gasteiger partial charge in [-0.2, -0.15) is 0 Å². The smallest absolute Gasteiger partial charge is 0.209 e. The topological polar surface area (TPSA) is 68.8 Å². The normalized spacial score (nSPS) is 12.9. The summed E-state index contributed by atoms with van der Waals surface area (Å²) in [6.45, 7) is 0.534. The van der Waals surface area contributed by atoms with Crippen molar-refractivity contribution < 1.29 is 5.11 Å². The molecule has 0 saturated carbocycles. The number of aryl methyl sites for hydroxylation is 1. The van der Waals surface area contributed by atoms with Crippen molar-refractivity contribution in [1.29, 1.82) is 0 Å². The zero-order chi connectivity index (χ0) is 16.5. The van der Waals surface area contributed by atoms with E-state index in [1.807, 2.05) is 24.3 Å². The molecule has 0 amide bonds. The number of aliphatic hydroxyl groups is 1. The highest BCUT2D eigenvalue weighted by molar-refractivity contribution is 7.99. The van der Waals surface area contributed by atoms with Crippen LogP contribution < -0.4 is 0 Å². The average Bonchev–Trinajstić information content (AvgIpc) is 3.16. The lowest BCUT2D eigenvalue weighted by molar-refractivity contribution is 0.181. The van der Waals surface area contributed by atoms with Gasteiger partial charge in [-0.05, 0) is 22.6 Å². The molecule has 2 heterocycles. The van der Waals surface area contributed by atoms with E-state index < -0.39 is 6.10 Å². The summed E-state index contributed by atoms with van der Waals surface area (Å²) in [4.78, 5) is 0. The monoisotopic (exact) mass is 339 g/mol. The highest BCUT2D eigenvalue weighted by Crippen LogP contribution is 2.29. The van der Waals surface area contributed by atoms with Gasteiger partial charge in [-0.15, -0.1) is 5.10 Å². The standard InChI is InChI=1S/C17H17N5OS/c1-21-17(18-19-20-21)24-11-12(23)10-22-15-8-4-2-6-13(15)14-7-3-5-9-16(14)22/h2-9,12,23H,10-11H2,1H3/t12-/m1/s1. The lowest BCUT2D eigenvalue weighted by atomic mass is 10.2. The molecule has 0 aliphatic rings. The van der Waals surface area contributed by atoms with E-state index in [4.69, 9.17) is 0 Å². The van der Waals surface area contributed by atoms with Crippen LogP contribution in [0.25, 0.3) is 21.8 Å². The summed E-state index contributed by atoms with van der Waals surface area (Å²) >= 11 is 1.46. The van der Waals surface area contributed by atoms with Gasteiger partial charge in [0.1, 0.15) is 0 Å². The summed E-state index contributed by atoms with van der Waals surface area (Å²) in [6.07, 6.45) is -0.495. The summed E-state index contributed by atoms with van der Waals surface area (Å²) in [5, 5.41) is 25.0. The van der Waals surface area contributed by atoms with Crippen LogP contribution in [0, 0.1) is 0 Å². The zero-order valence-electron chi connectivity index (χ0n) is 13.2. The molecule has 0 unspecified atom stereocenters. The fourth-order valence-corrected chi connectivity index (χ4v) is 3.74. The number of aliphatic hydroxyl groups excluding tert-OH is 1. The molecule has 1 atom stereocenters. The minimum atomic E-state index is -0.495. The molecule has 4 rings (SSSR count). The molecule has 0 radical (unpaired) electrons. The second kappa shape index (κ2) is 6.26. The molecule has 0 saturated heterocycles. The molecule has 1 N–H and O–H groups in total. The summed E-state index contributed by atoms with van der Waals surface area (Å²) in [7, 11) is 1.79. The van der Waals surface area contributed by atoms with Gasteiger partial charge in [0.15, 0.2) is 0 Å². The molecule has 0 aliphatic carbocycles. The van der Waals surface area contributed by atoms with Gasteiger partial charge in [-0.3, -0.25) is 0 Å². The Morgan fingerprint density at radius 2 is 1.67 bits per heavy atom. The first-order chi connectivity index (χ1) is 11.7. The van der Waals surface area contributed by atoms with E-state index in [0.29, 0.717) is 17.5 Å². The molecule has 2 aromatic carbocycles. The van der Waals surface area contributed by atoms with Crippen LogP contribution >= 0.6 is 11.8 Å². The van der Waals surface area contributed by atoms with Crippen molar-refractivity contribution in [1.82, 2.24) is 24.8 Å². The molecule has 0 bridgehead atoms. The van der Waals surface area contributed by atoms with Gasteiger partial charge in [0.25, 0.3) is 0 Å². The third kappa shape index (κ3) is 2.65. The number of tetrazole rings is 1. The van der Waals surface area contributed by atoms with Gasteiger partial charge in [-0.1, -0.05) is 48.2 Å². The highest BCUT2D eigenvalue weighted by Gasteiger charge is 2.14. The SMILES string of the molecule is Cn1nnnc1SC[C@H](O)Cn1c2ccccc2c2ccccc21. The Labute approximate surface area is 143 Å². The fourth-order valence-electron chi connectivity index (χ4n) is 2.98. The Bertz CT molecular complexity index is 940. The summed E-state index contributed by atoms with van der Waals surface area (Å²) in [5.74, 6) is 0.537. The van der Waals surface area contributed by atoms with E-state index in [9.17, 15) is 5.11 Å². The van der Waals surface area contributed by atoms with Gasteiger partial charge < -0.3 is 9.67 Å². The number of hydrogen-bond acceptors (Lipinski definition) is 5. The van der Waals surface area contributed by atoms with Gasteiger partial charge >= 0.3 is 0 Å². The van der Waals surface area contributed by atoms with Crippen molar-refractivity contribution in [2.24, 2.45) is 7.05 Å². The maximum Gasteiger partial charge on any atom is 0.209 e. The van der Waals surface area contributed by atoms with Gasteiger partial charge in [0, 0.05) is 34.6 Å². The Kier molecular flexibility index (Phi) is 3.95. The first-order valence-corrected chi connectivity index (χ1v) is 8.72. The van der Waals surface area contributed by atoms with Crippen LogP contribution in [0.4, 0.5) is 0 Å². The maximum atomic E-state index is 10.5. The van der Waals surface area contributed by atoms with E-state index in [1.54, 1.807) is 11.7 Å². The van der Waals surface area contributed by atoms with E-state index >= 15 is 0 Å². The largest absolute Gasteiger partial charge is 0.390 e. The number of nitrogens with zero attached hydrogens (tertiary/aromatic N) is 5. The quantitative estimate of drug-likeness (QED) is 0.566. The van der Waals surface area contributed by atoms with Crippen LogP contribution in [0.2, 0.25) is 0 Å². The van der Waals surface area contributed by atoms with Gasteiger partial charge in [0.05, 0.1) is 12.6 Å². The molecule has 0 spiro atoms. The molecule has 7 heteroatoms. The molecule has 122 valence electrons. The van der Waals surface area contributed by atoms with Crippen LogP contribution in [0.5, 0.6) is 0 Å². The van der Waals surface area contributed by atoms with Crippen molar-refractivity contribution in [3.05, 3.63) is 48.5 Å². The van der Waals surface area contributed by atoms with E-state index in [-0.39, 0.29) is 0 Å². The predicted molar refractivity (Wildman–Crippen MR) is 95.0 cm³/mol. The number of hydrogen-bond donors (Lipinski definition) is 1. The molecule has 0 aliphatic heterocycles. The van der Waals surface area contributed by atoms with Crippen molar-refractivity contribution in [2.75, 3.05) is 5.75 Å². The Morgan fingerprint density at radius 1 is 1.04 bits per heavy atom. The lowest BCUT2D eigenvalue weighted by Gasteiger charge is -2.13.